The van der Waals surface area contributed by atoms with Crippen LogP contribution in [0, 0.1) is 5.92 Å². The monoisotopic (exact) mass is 482 g/mol. The molecule has 1 fully saturated rings. The normalized spacial score (nSPS) is 19.9. The second-order valence-corrected chi connectivity index (χ2v) is 10.9. The Kier molecular flexibility index (Phi) is 6.61. The molecule has 0 spiro atoms. The Morgan fingerprint density at radius 3 is 2.35 bits per heavy atom. The van der Waals surface area contributed by atoms with E-state index in [1.54, 1.807) is 18.2 Å². The summed E-state index contributed by atoms with van der Waals surface area (Å²) in [6.07, 6.45) is 4.81. The van der Waals surface area contributed by atoms with Gasteiger partial charge in [-0.1, -0.05) is 36.4 Å². The molecule has 0 atom stereocenters. The number of rotatable bonds is 4. The Labute approximate surface area is 201 Å². The van der Waals surface area contributed by atoms with E-state index in [0.717, 1.165) is 12.8 Å². The van der Waals surface area contributed by atoms with Crippen molar-refractivity contribution in [3.05, 3.63) is 60.2 Å². The number of hydrogen-bond donors (Lipinski definition) is 0. The van der Waals surface area contributed by atoms with E-state index in [2.05, 4.69) is 18.2 Å². The summed E-state index contributed by atoms with van der Waals surface area (Å²) in [4.78, 5) is 15.2. The third-order valence-corrected chi connectivity index (χ3v) is 8.72. The van der Waals surface area contributed by atoms with Crippen molar-refractivity contribution in [2.24, 2.45) is 5.92 Å². The van der Waals surface area contributed by atoms with Crippen LogP contribution in [0.2, 0.25) is 0 Å². The van der Waals surface area contributed by atoms with Crippen LogP contribution in [-0.4, -0.2) is 62.9 Å². The van der Waals surface area contributed by atoms with E-state index >= 15 is 0 Å². The lowest BCUT2D eigenvalue weighted by molar-refractivity contribution is -0.136. The van der Waals surface area contributed by atoms with Crippen molar-refractivity contribution >= 4 is 21.5 Å². The molecule has 0 unspecified atom stereocenters. The highest BCUT2D eigenvalue weighted by atomic mass is 32.2. The Morgan fingerprint density at radius 2 is 1.65 bits per heavy atom. The predicted molar refractivity (Wildman–Crippen MR) is 129 cm³/mol. The molecule has 0 bridgehead atoms. The summed E-state index contributed by atoms with van der Waals surface area (Å²) in [5.41, 5.74) is 2.49. The van der Waals surface area contributed by atoms with Crippen LogP contribution in [-0.2, 0) is 14.8 Å². The van der Waals surface area contributed by atoms with Gasteiger partial charge in [0.25, 0.3) is 0 Å². The van der Waals surface area contributed by atoms with Gasteiger partial charge in [0.1, 0.15) is 0 Å². The minimum atomic E-state index is -3.66. The Bertz CT molecular complexity index is 1170. The Morgan fingerprint density at radius 1 is 0.912 bits per heavy atom. The fraction of sp³-hybridized carbons (Fsp3) is 0.423. The maximum atomic E-state index is 13.2. The van der Waals surface area contributed by atoms with Crippen LogP contribution in [0.5, 0.6) is 11.5 Å². The van der Waals surface area contributed by atoms with Crippen LogP contribution in [0.15, 0.2) is 59.5 Å². The number of ether oxygens (including phenoxy) is 2. The first-order valence-corrected chi connectivity index (χ1v) is 13.4. The average molecular weight is 483 g/mol. The molecule has 3 aliphatic rings. The number of benzene rings is 2. The van der Waals surface area contributed by atoms with Crippen molar-refractivity contribution in [3.8, 4) is 11.5 Å². The highest BCUT2D eigenvalue weighted by molar-refractivity contribution is 7.89. The van der Waals surface area contributed by atoms with Crippen LogP contribution < -0.4 is 9.47 Å². The molecule has 0 aliphatic carbocycles. The number of carbonyl (C=O) groups excluding carboxylic acids is 1. The van der Waals surface area contributed by atoms with Crippen LogP contribution in [0.3, 0.4) is 0 Å². The molecule has 0 N–H and O–H groups in total. The van der Waals surface area contributed by atoms with Gasteiger partial charge in [-0.25, -0.2) is 8.42 Å². The topological polar surface area (TPSA) is 76.2 Å². The lowest BCUT2D eigenvalue weighted by Crippen LogP contribution is -2.45. The molecule has 1 amide bonds. The predicted octanol–water partition coefficient (Wildman–Crippen LogP) is 3.56. The third-order valence-electron chi connectivity index (χ3n) is 6.83. The van der Waals surface area contributed by atoms with E-state index in [1.807, 2.05) is 23.1 Å². The van der Waals surface area contributed by atoms with Gasteiger partial charge in [0.05, 0.1) is 18.1 Å². The van der Waals surface area contributed by atoms with Crippen LogP contribution in [0.4, 0.5) is 0 Å². The number of fused-ring (bicyclic) bond motifs is 1. The van der Waals surface area contributed by atoms with Gasteiger partial charge in [0.2, 0.25) is 15.9 Å². The first-order valence-electron chi connectivity index (χ1n) is 12.0. The molecule has 2 aromatic rings. The van der Waals surface area contributed by atoms with Crippen molar-refractivity contribution in [2.75, 3.05) is 39.4 Å². The minimum Gasteiger partial charge on any atom is -0.490 e. The first-order chi connectivity index (χ1) is 16.5. The molecule has 0 radical (unpaired) electrons. The number of hydrogen-bond acceptors (Lipinski definition) is 5. The lowest BCUT2D eigenvalue weighted by Gasteiger charge is -2.35. The van der Waals surface area contributed by atoms with Crippen LogP contribution in [0.1, 0.15) is 31.2 Å². The van der Waals surface area contributed by atoms with E-state index in [1.165, 1.54) is 15.4 Å². The maximum Gasteiger partial charge on any atom is 0.243 e. The van der Waals surface area contributed by atoms with E-state index in [9.17, 15) is 13.2 Å². The van der Waals surface area contributed by atoms with Crippen molar-refractivity contribution in [3.63, 3.8) is 0 Å². The number of sulfonamides is 1. The van der Waals surface area contributed by atoms with Gasteiger partial charge in [-0.3, -0.25) is 4.79 Å². The smallest absolute Gasteiger partial charge is 0.243 e. The van der Waals surface area contributed by atoms with Gasteiger partial charge in [0, 0.05) is 44.6 Å². The van der Waals surface area contributed by atoms with Crippen molar-refractivity contribution in [1.82, 2.24) is 9.21 Å². The van der Waals surface area contributed by atoms with Gasteiger partial charge in [-0.2, -0.15) is 4.31 Å². The molecule has 3 aliphatic heterocycles. The zero-order chi connectivity index (χ0) is 23.5. The van der Waals surface area contributed by atoms with Crippen molar-refractivity contribution in [2.45, 2.75) is 30.6 Å². The number of nitrogens with zero attached hydrogens (tertiary/aromatic N) is 2. The number of amides is 1. The highest BCUT2D eigenvalue weighted by Gasteiger charge is 2.34. The van der Waals surface area contributed by atoms with Gasteiger partial charge in [0.15, 0.2) is 11.5 Å². The average Bonchev–Trinajstić information content (AvgIpc) is 3.14. The van der Waals surface area contributed by atoms with Gasteiger partial charge < -0.3 is 14.4 Å². The largest absolute Gasteiger partial charge is 0.490 e. The second-order valence-electron chi connectivity index (χ2n) is 8.97. The Balaban J connectivity index is 1.20. The molecular formula is C26H30N2O5S. The van der Waals surface area contributed by atoms with Crippen LogP contribution >= 0.6 is 0 Å². The highest BCUT2D eigenvalue weighted by Crippen LogP contribution is 2.34. The zero-order valence-corrected chi connectivity index (χ0v) is 20.0. The van der Waals surface area contributed by atoms with Gasteiger partial charge >= 0.3 is 0 Å². The van der Waals surface area contributed by atoms with Gasteiger partial charge in [-0.05, 0) is 42.5 Å². The first kappa shape index (κ1) is 22.9. The standard InChI is InChI=1S/C26H30N2O5S/c29-26(27-13-9-21(10-14-27)20-5-2-1-3-6-20)22-11-15-28(16-12-22)34(30,31)23-7-8-24-25(19-23)33-18-4-17-32-24/h1-3,5-9,19,22H,4,10-18H2. The van der Waals surface area contributed by atoms with E-state index in [4.69, 9.17) is 9.47 Å². The zero-order valence-electron chi connectivity index (χ0n) is 19.2. The molecule has 34 heavy (non-hydrogen) atoms. The fourth-order valence-electron chi connectivity index (χ4n) is 4.84. The van der Waals surface area contributed by atoms with E-state index < -0.39 is 10.0 Å². The second kappa shape index (κ2) is 9.80. The summed E-state index contributed by atoms with van der Waals surface area (Å²) in [6, 6.07) is 15.1. The number of piperidine rings is 1. The summed E-state index contributed by atoms with van der Waals surface area (Å²) < 4.78 is 39.2. The quantitative estimate of drug-likeness (QED) is 0.666. The van der Waals surface area contributed by atoms with Gasteiger partial charge in [-0.15, -0.1) is 0 Å². The fourth-order valence-corrected chi connectivity index (χ4v) is 6.32. The molecule has 2 aromatic carbocycles. The molecule has 1 saturated heterocycles. The Hall–Kier alpha value is -2.84. The molecule has 7 nitrogen and oxygen atoms in total. The third kappa shape index (κ3) is 4.70. The molecule has 0 saturated carbocycles. The summed E-state index contributed by atoms with van der Waals surface area (Å²) in [5.74, 6) is 1.04. The maximum absolute atomic E-state index is 13.2. The SMILES string of the molecule is O=C(C1CCN(S(=O)(=O)c2ccc3c(c2)OCCCO3)CC1)N1CC=C(c2ccccc2)CC1. The molecule has 3 heterocycles. The summed E-state index contributed by atoms with van der Waals surface area (Å²) in [5, 5.41) is 0. The minimum absolute atomic E-state index is 0.135. The van der Waals surface area contributed by atoms with Crippen molar-refractivity contribution in [1.29, 1.82) is 0 Å². The van der Waals surface area contributed by atoms with Crippen molar-refractivity contribution < 1.29 is 22.7 Å². The summed E-state index contributed by atoms with van der Waals surface area (Å²) >= 11 is 0. The number of carbonyl (C=O) groups is 1. The lowest BCUT2D eigenvalue weighted by atomic mass is 9.94. The summed E-state index contributed by atoms with van der Waals surface area (Å²) in [7, 11) is -3.66. The molecule has 5 rings (SSSR count). The molecule has 180 valence electrons. The summed E-state index contributed by atoms with van der Waals surface area (Å²) in [6.45, 7) is 3.05. The van der Waals surface area contributed by atoms with E-state index in [-0.39, 0.29) is 16.7 Å². The molecule has 8 heteroatoms. The molecule has 0 aromatic heterocycles. The van der Waals surface area contributed by atoms with Crippen LogP contribution in [0.25, 0.3) is 5.57 Å². The van der Waals surface area contributed by atoms with E-state index in [0.29, 0.717) is 63.7 Å². The molecular weight excluding hydrogens is 452 g/mol.